The van der Waals surface area contributed by atoms with Crippen molar-refractivity contribution in [3.05, 3.63) is 51.8 Å². The molecule has 1 aromatic carbocycles. The first kappa shape index (κ1) is 14.4. The van der Waals surface area contributed by atoms with E-state index >= 15 is 0 Å². The molecule has 104 valence electrons. The Kier molecular flexibility index (Phi) is 4.32. The van der Waals surface area contributed by atoms with E-state index in [1.165, 1.54) is 13.2 Å². The molecule has 0 saturated carbocycles. The highest BCUT2D eigenvalue weighted by molar-refractivity contribution is 6.41. The van der Waals surface area contributed by atoms with Crippen molar-refractivity contribution in [3.63, 3.8) is 0 Å². The predicted octanol–water partition coefficient (Wildman–Crippen LogP) is 3.36. The molecular formula is C13H10Cl2N2O3. The number of aromatic amines is 1. The number of ether oxygens (including phenoxy) is 1. The van der Waals surface area contributed by atoms with Gasteiger partial charge in [-0.2, -0.15) is 0 Å². The Balaban J connectivity index is 2.10. The molecule has 2 aromatic rings. The number of hydrogen-bond acceptors (Lipinski definition) is 3. The molecule has 0 saturated heterocycles. The zero-order chi connectivity index (χ0) is 14.7. The van der Waals surface area contributed by atoms with Crippen molar-refractivity contribution in [2.45, 2.75) is 0 Å². The van der Waals surface area contributed by atoms with Gasteiger partial charge in [0.2, 0.25) is 0 Å². The quantitative estimate of drug-likeness (QED) is 0.854. The minimum atomic E-state index is -0.439. The lowest BCUT2D eigenvalue weighted by atomic mass is 10.2. The fourth-order valence-corrected chi connectivity index (χ4v) is 1.85. The summed E-state index contributed by atoms with van der Waals surface area (Å²) in [5.74, 6) is -0.824. The highest BCUT2D eigenvalue weighted by Gasteiger charge is 2.12. The average Bonchev–Trinajstić information content (AvgIpc) is 2.79. The van der Waals surface area contributed by atoms with E-state index < -0.39 is 5.97 Å². The van der Waals surface area contributed by atoms with Crippen molar-refractivity contribution in [2.24, 2.45) is 0 Å². The molecule has 1 amide bonds. The Bertz CT molecular complexity index is 631. The minimum Gasteiger partial charge on any atom is -0.465 e. The number of nitrogens with one attached hydrogen (secondary N) is 2. The summed E-state index contributed by atoms with van der Waals surface area (Å²) in [4.78, 5) is 25.8. The Morgan fingerprint density at radius 1 is 1.20 bits per heavy atom. The van der Waals surface area contributed by atoms with Gasteiger partial charge in [-0.1, -0.05) is 23.2 Å². The Labute approximate surface area is 124 Å². The van der Waals surface area contributed by atoms with Gasteiger partial charge in [-0.3, -0.25) is 4.79 Å². The fourth-order valence-electron chi connectivity index (χ4n) is 1.53. The van der Waals surface area contributed by atoms with Gasteiger partial charge in [-0.25, -0.2) is 4.79 Å². The standard InChI is InChI=1S/C13H10Cl2N2O3/c1-20-13(19)7-2-4-8(5-3-7)16-12(18)10-6-9(14)11(15)17-10/h2-6,17H,1H3,(H,16,18). The number of H-pyrrole nitrogens is 1. The number of methoxy groups -OCH3 is 1. The largest absolute Gasteiger partial charge is 0.465 e. The van der Waals surface area contributed by atoms with Gasteiger partial charge < -0.3 is 15.0 Å². The van der Waals surface area contributed by atoms with E-state index in [2.05, 4.69) is 15.0 Å². The van der Waals surface area contributed by atoms with Crippen LogP contribution in [0.25, 0.3) is 0 Å². The molecule has 0 bridgehead atoms. The van der Waals surface area contributed by atoms with Crippen LogP contribution in [0.3, 0.4) is 0 Å². The molecule has 0 unspecified atom stereocenters. The monoisotopic (exact) mass is 312 g/mol. The van der Waals surface area contributed by atoms with Crippen molar-refractivity contribution in [3.8, 4) is 0 Å². The normalized spacial score (nSPS) is 10.2. The SMILES string of the molecule is COC(=O)c1ccc(NC(=O)c2cc(Cl)c(Cl)[nH]2)cc1. The number of hydrogen-bond donors (Lipinski definition) is 2. The molecule has 0 aliphatic heterocycles. The first-order valence-electron chi connectivity index (χ1n) is 5.55. The van der Waals surface area contributed by atoms with E-state index in [1.54, 1.807) is 24.3 Å². The second-order valence-electron chi connectivity index (χ2n) is 3.87. The smallest absolute Gasteiger partial charge is 0.337 e. The van der Waals surface area contributed by atoms with Crippen molar-refractivity contribution in [1.82, 2.24) is 4.98 Å². The lowest BCUT2D eigenvalue weighted by Crippen LogP contribution is -2.12. The van der Waals surface area contributed by atoms with Crippen LogP contribution in [0.15, 0.2) is 30.3 Å². The maximum atomic E-state index is 11.9. The Morgan fingerprint density at radius 2 is 1.85 bits per heavy atom. The zero-order valence-corrected chi connectivity index (χ0v) is 11.9. The summed E-state index contributed by atoms with van der Waals surface area (Å²) in [7, 11) is 1.30. The maximum Gasteiger partial charge on any atom is 0.337 e. The molecule has 20 heavy (non-hydrogen) atoms. The molecule has 2 N–H and O–H groups in total. The van der Waals surface area contributed by atoms with Crippen LogP contribution in [0.1, 0.15) is 20.8 Å². The number of rotatable bonds is 3. The molecule has 0 aliphatic rings. The molecule has 2 rings (SSSR count). The summed E-state index contributed by atoms with van der Waals surface area (Å²) in [5.41, 5.74) is 1.18. The molecule has 0 spiro atoms. The first-order valence-corrected chi connectivity index (χ1v) is 6.30. The highest BCUT2D eigenvalue weighted by Crippen LogP contribution is 2.22. The van der Waals surface area contributed by atoms with E-state index in [0.29, 0.717) is 11.3 Å². The molecule has 7 heteroatoms. The molecule has 0 fully saturated rings. The zero-order valence-electron chi connectivity index (χ0n) is 10.4. The van der Waals surface area contributed by atoms with Crippen molar-refractivity contribution in [1.29, 1.82) is 0 Å². The summed E-state index contributed by atoms with van der Waals surface area (Å²) >= 11 is 11.5. The number of aromatic nitrogens is 1. The third-order valence-electron chi connectivity index (χ3n) is 2.53. The van der Waals surface area contributed by atoms with Crippen molar-refractivity contribution in [2.75, 3.05) is 12.4 Å². The van der Waals surface area contributed by atoms with Crippen LogP contribution >= 0.6 is 23.2 Å². The molecule has 0 radical (unpaired) electrons. The van der Waals surface area contributed by atoms with Gasteiger partial charge in [0.15, 0.2) is 0 Å². The lowest BCUT2D eigenvalue weighted by molar-refractivity contribution is 0.0600. The van der Waals surface area contributed by atoms with E-state index in [4.69, 9.17) is 23.2 Å². The fraction of sp³-hybridized carbons (Fsp3) is 0.0769. The van der Waals surface area contributed by atoms with Gasteiger partial charge in [-0.15, -0.1) is 0 Å². The van der Waals surface area contributed by atoms with Crippen LogP contribution in [-0.2, 0) is 4.74 Å². The van der Waals surface area contributed by atoms with Crippen LogP contribution in [-0.4, -0.2) is 24.0 Å². The summed E-state index contributed by atoms with van der Waals surface area (Å²) in [6.45, 7) is 0. The molecule has 1 aromatic heterocycles. The van der Waals surface area contributed by atoms with Gasteiger partial charge in [0.25, 0.3) is 5.91 Å². The van der Waals surface area contributed by atoms with Gasteiger partial charge in [0, 0.05) is 5.69 Å². The number of carbonyl (C=O) groups excluding carboxylic acids is 2. The second-order valence-corrected chi connectivity index (χ2v) is 4.65. The van der Waals surface area contributed by atoms with Crippen LogP contribution in [0, 0.1) is 0 Å². The minimum absolute atomic E-state index is 0.206. The van der Waals surface area contributed by atoms with E-state index in [0.717, 1.165) is 0 Å². The van der Waals surface area contributed by atoms with E-state index in [-0.39, 0.29) is 21.8 Å². The summed E-state index contributed by atoms with van der Waals surface area (Å²) in [5, 5.41) is 3.13. The summed E-state index contributed by atoms with van der Waals surface area (Å²) in [6, 6.07) is 7.72. The third kappa shape index (κ3) is 3.12. The van der Waals surface area contributed by atoms with Crippen LogP contribution < -0.4 is 5.32 Å². The van der Waals surface area contributed by atoms with Gasteiger partial charge >= 0.3 is 5.97 Å². The summed E-state index contributed by atoms with van der Waals surface area (Å²) in [6.07, 6.45) is 0. The third-order valence-corrected chi connectivity index (χ3v) is 3.23. The maximum absolute atomic E-state index is 11.9. The topological polar surface area (TPSA) is 71.2 Å². The Morgan fingerprint density at radius 3 is 2.35 bits per heavy atom. The number of esters is 1. The lowest BCUT2D eigenvalue weighted by Gasteiger charge is -2.04. The van der Waals surface area contributed by atoms with Gasteiger partial charge in [0.05, 0.1) is 17.7 Å². The Hall–Kier alpha value is -1.98. The molecule has 0 atom stereocenters. The van der Waals surface area contributed by atoms with Crippen LogP contribution in [0.2, 0.25) is 10.2 Å². The van der Waals surface area contributed by atoms with Gasteiger partial charge in [-0.05, 0) is 30.3 Å². The van der Waals surface area contributed by atoms with Crippen LogP contribution in [0.4, 0.5) is 5.69 Å². The van der Waals surface area contributed by atoms with E-state index in [1.807, 2.05) is 0 Å². The highest BCUT2D eigenvalue weighted by atomic mass is 35.5. The molecule has 5 nitrogen and oxygen atoms in total. The van der Waals surface area contributed by atoms with Crippen molar-refractivity contribution < 1.29 is 14.3 Å². The molecular weight excluding hydrogens is 303 g/mol. The average molecular weight is 313 g/mol. The van der Waals surface area contributed by atoms with E-state index in [9.17, 15) is 9.59 Å². The van der Waals surface area contributed by atoms with Gasteiger partial charge in [0.1, 0.15) is 10.8 Å². The summed E-state index contributed by atoms with van der Waals surface area (Å²) < 4.78 is 4.58. The predicted molar refractivity (Wildman–Crippen MR) is 76.5 cm³/mol. The number of amides is 1. The number of carbonyl (C=O) groups is 2. The number of halogens is 2. The van der Waals surface area contributed by atoms with Crippen LogP contribution in [0.5, 0.6) is 0 Å². The molecule has 1 heterocycles. The number of anilines is 1. The van der Waals surface area contributed by atoms with Crippen molar-refractivity contribution >= 4 is 40.8 Å². The second kappa shape index (κ2) is 5.98. The first-order chi connectivity index (χ1) is 9.51. The number of benzene rings is 1. The molecule has 0 aliphatic carbocycles.